The van der Waals surface area contributed by atoms with Crippen molar-refractivity contribution in [1.82, 2.24) is 25.7 Å². The van der Waals surface area contributed by atoms with Crippen molar-refractivity contribution in [2.45, 2.75) is 71.4 Å². The van der Waals surface area contributed by atoms with E-state index in [1.807, 2.05) is 19.1 Å². The summed E-state index contributed by atoms with van der Waals surface area (Å²) in [7, 11) is 0. The molecule has 2 aromatic rings. The Bertz CT molecular complexity index is 1030. The number of hydroxylamine groups is 2. The Balaban J connectivity index is 0.00000228. The maximum absolute atomic E-state index is 12.8. The summed E-state index contributed by atoms with van der Waals surface area (Å²) in [5, 5.41) is 21.0. The van der Waals surface area contributed by atoms with E-state index in [1.54, 1.807) is 5.06 Å². The number of fused-ring (bicyclic) bond motifs is 1. The monoisotopic (exact) mass is 539 g/mol. The van der Waals surface area contributed by atoms with Gasteiger partial charge in [-0.2, -0.15) is 0 Å². The Morgan fingerprint density at radius 3 is 2.58 bits per heavy atom. The Labute approximate surface area is 225 Å². The van der Waals surface area contributed by atoms with E-state index in [4.69, 9.17) is 10.2 Å². The quantitative estimate of drug-likeness (QED) is 0.316. The molecule has 2 atom stereocenters. The third kappa shape index (κ3) is 7.57. The summed E-state index contributed by atoms with van der Waals surface area (Å²) >= 11 is 0. The van der Waals surface area contributed by atoms with Crippen molar-refractivity contribution in [2.75, 3.05) is 25.0 Å². The highest BCUT2D eigenvalue weighted by Gasteiger charge is 2.29. The van der Waals surface area contributed by atoms with Crippen LogP contribution in [-0.4, -0.2) is 58.7 Å². The average molecular weight is 541 g/mol. The molecule has 1 amide bonds. The number of rotatable bonds is 6. The first-order valence-corrected chi connectivity index (χ1v) is 12.5. The molecular weight excluding hydrogens is 501 g/mol. The summed E-state index contributed by atoms with van der Waals surface area (Å²) in [5.74, 6) is 1.24. The second-order valence-corrected chi connectivity index (χ2v) is 9.80. The number of benzene rings is 1. The molecule has 1 aliphatic heterocycles. The number of carbonyl (C=O) groups excluding carboxylic acids is 1. The highest BCUT2D eigenvalue weighted by molar-refractivity contribution is 5.96. The van der Waals surface area contributed by atoms with E-state index in [0.29, 0.717) is 30.8 Å². The Kier molecular flexibility index (Phi) is 11.5. The minimum Gasteiger partial charge on any atom is -0.365 e. The molecule has 1 aromatic heterocycles. The van der Waals surface area contributed by atoms with Crippen molar-refractivity contribution in [1.29, 1.82) is 5.41 Å². The van der Waals surface area contributed by atoms with Crippen LogP contribution in [-0.2, 0) is 4.84 Å². The SMILES string of the molecule is Cc1ccc2nc(C(=O)NCC(C)C)nc(N[C@H]3CCCC[C@H]3NC(=N)N3CCCCO3)c2c1.Cl.Cl. The summed E-state index contributed by atoms with van der Waals surface area (Å²) in [4.78, 5) is 27.6. The van der Waals surface area contributed by atoms with E-state index in [-0.39, 0.29) is 48.6 Å². The van der Waals surface area contributed by atoms with Crippen molar-refractivity contribution in [2.24, 2.45) is 5.92 Å². The van der Waals surface area contributed by atoms with Crippen molar-refractivity contribution in [3.8, 4) is 0 Å². The zero-order valence-electron chi connectivity index (χ0n) is 21.3. The fourth-order valence-electron chi connectivity index (χ4n) is 4.50. The fraction of sp³-hybridized carbons (Fsp3) is 0.600. The van der Waals surface area contributed by atoms with Crippen LogP contribution < -0.4 is 16.0 Å². The number of nitrogens with zero attached hydrogens (tertiary/aromatic N) is 3. The van der Waals surface area contributed by atoms with Gasteiger partial charge in [0, 0.05) is 30.6 Å². The predicted octanol–water partition coefficient (Wildman–Crippen LogP) is 4.44. The summed E-state index contributed by atoms with van der Waals surface area (Å²) in [6, 6.07) is 6.14. The lowest BCUT2D eigenvalue weighted by Gasteiger charge is -2.36. The van der Waals surface area contributed by atoms with Crippen LogP contribution in [0.1, 0.15) is 68.6 Å². The molecule has 2 heterocycles. The van der Waals surface area contributed by atoms with Gasteiger partial charge in [0.25, 0.3) is 5.91 Å². The number of halogens is 2. The van der Waals surface area contributed by atoms with Gasteiger partial charge in [-0.1, -0.05) is 38.3 Å². The van der Waals surface area contributed by atoms with Crippen molar-refractivity contribution in [3.63, 3.8) is 0 Å². The number of nitrogens with one attached hydrogen (secondary N) is 4. The molecule has 9 nitrogen and oxygen atoms in total. The molecule has 2 fully saturated rings. The van der Waals surface area contributed by atoms with E-state index in [0.717, 1.165) is 61.5 Å². The van der Waals surface area contributed by atoms with Gasteiger partial charge in [0.15, 0.2) is 0 Å². The van der Waals surface area contributed by atoms with Gasteiger partial charge < -0.3 is 16.0 Å². The largest absolute Gasteiger partial charge is 0.365 e. The number of hydrogen-bond donors (Lipinski definition) is 4. The van der Waals surface area contributed by atoms with Crippen LogP contribution in [0.5, 0.6) is 0 Å². The number of amides is 1. The molecule has 36 heavy (non-hydrogen) atoms. The molecule has 1 saturated heterocycles. The topological polar surface area (TPSA) is 115 Å². The molecule has 4 rings (SSSR count). The van der Waals surface area contributed by atoms with E-state index in [9.17, 15) is 4.79 Å². The van der Waals surface area contributed by atoms with Gasteiger partial charge in [0.1, 0.15) is 5.82 Å². The second-order valence-electron chi connectivity index (χ2n) is 9.80. The van der Waals surface area contributed by atoms with Gasteiger partial charge in [-0.3, -0.25) is 15.0 Å². The molecule has 1 aliphatic carbocycles. The standard InChI is InChI=1S/C25H37N7O2.2ClH/c1-16(2)15-27-24(33)23-28-19-11-10-17(3)14-18(19)22(31-23)29-20-8-4-5-9-21(20)30-25(26)32-12-6-7-13-34-32;;/h10-11,14,16,20-21H,4-9,12-13,15H2,1-3H3,(H2,26,30)(H,27,33)(H,28,29,31);2*1H/t20-,21+;;/m0../s1. The lowest BCUT2D eigenvalue weighted by molar-refractivity contribution is -0.127. The van der Waals surface area contributed by atoms with Crippen molar-refractivity contribution in [3.05, 3.63) is 29.6 Å². The third-order valence-corrected chi connectivity index (χ3v) is 6.39. The molecular formula is C25H39Cl2N7O2. The van der Waals surface area contributed by atoms with Gasteiger partial charge in [0.2, 0.25) is 11.8 Å². The number of anilines is 1. The zero-order chi connectivity index (χ0) is 24.1. The Morgan fingerprint density at radius 2 is 1.89 bits per heavy atom. The highest BCUT2D eigenvalue weighted by Crippen LogP contribution is 2.27. The molecule has 0 spiro atoms. The van der Waals surface area contributed by atoms with Crippen LogP contribution in [0.25, 0.3) is 10.9 Å². The van der Waals surface area contributed by atoms with Crippen LogP contribution >= 0.6 is 24.8 Å². The van der Waals surface area contributed by atoms with E-state index in [2.05, 4.69) is 45.8 Å². The van der Waals surface area contributed by atoms with E-state index in [1.165, 1.54) is 0 Å². The van der Waals surface area contributed by atoms with Crippen molar-refractivity contribution >= 4 is 53.4 Å². The number of guanidine groups is 1. The Hall–Kier alpha value is -2.36. The maximum Gasteiger partial charge on any atom is 0.289 e. The van der Waals surface area contributed by atoms with Gasteiger partial charge in [-0.05, 0) is 50.7 Å². The summed E-state index contributed by atoms with van der Waals surface area (Å²) in [5.41, 5.74) is 1.85. The molecule has 1 saturated carbocycles. The number of carbonyl (C=O) groups is 1. The van der Waals surface area contributed by atoms with Gasteiger partial charge in [0.05, 0.1) is 12.1 Å². The minimum atomic E-state index is -0.262. The molecule has 1 aromatic carbocycles. The normalized spacial score (nSPS) is 19.7. The lowest BCUT2D eigenvalue weighted by Crippen LogP contribution is -2.53. The van der Waals surface area contributed by atoms with Crippen LogP contribution in [0, 0.1) is 18.3 Å². The number of hydrogen-bond acceptors (Lipinski definition) is 6. The smallest absolute Gasteiger partial charge is 0.289 e. The zero-order valence-corrected chi connectivity index (χ0v) is 22.9. The number of aryl methyl sites for hydroxylation is 1. The Morgan fingerprint density at radius 1 is 1.14 bits per heavy atom. The molecule has 2 aliphatic rings. The predicted molar refractivity (Wildman–Crippen MR) is 148 cm³/mol. The van der Waals surface area contributed by atoms with Crippen LogP contribution in [0.2, 0.25) is 0 Å². The summed E-state index contributed by atoms with van der Waals surface area (Å²) < 4.78 is 0. The van der Waals surface area contributed by atoms with E-state index >= 15 is 0 Å². The minimum absolute atomic E-state index is 0. The summed E-state index contributed by atoms with van der Waals surface area (Å²) in [6.45, 7) is 8.12. The van der Waals surface area contributed by atoms with Crippen LogP contribution in [0.3, 0.4) is 0 Å². The first-order chi connectivity index (χ1) is 16.4. The molecule has 11 heteroatoms. The highest BCUT2D eigenvalue weighted by atomic mass is 35.5. The van der Waals surface area contributed by atoms with Crippen LogP contribution in [0.4, 0.5) is 5.82 Å². The van der Waals surface area contributed by atoms with E-state index < -0.39 is 0 Å². The first-order valence-electron chi connectivity index (χ1n) is 12.5. The molecule has 4 N–H and O–H groups in total. The average Bonchev–Trinajstić information content (AvgIpc) is 2.84. The molecule has 200 valence electrons. The number of aromatic nitrogens is 2. The van der Waals surface area contributed by atoms with Crippen LogP contribution in [0.15, 0.2) is 18.2 Å². The molecule has 0 bridgehead atoms. The van der Waals surface area contributed by atoms with Gasteiger partial charge >= 0.3 is 0 Å². The third-order valence-electron chi connectivity index (χ3n) is 6.39. The summed E-state index contributed by atoms with van der Waals surface area (Å²) in [6.07, 6.45) is 6.19. The first kappa shape index (κ1) is 29.9. The van der Waals surface area contributed by atoms with Gasteiger partial charge in [-0.25, -0.2) is 15.0 Å². The molecule has 0 radical (unpaired) electrons. The van der Waals surface area contributed by atoms with Gasteiger partial charge in [-0.15, -0.1) is 24.8 Å². The second kappa shape index (κ2) is 13.8. The van der Waals surface area contributed by atoms with Crippen molar-refractivity contribution < 1.29 is 9.63 Å². The molecule has 0 unspecified atom stereocenters. The fourth-order valence-corrected chi connectivity index (χ4v) is 4.50. The lowest BCUT2D eigenvalue weighted by atomic mass is 9.90. The maximum atomic E-state index is 12.8.